The number of nitrogen functional groups attached to an aromatic ring is 1. The number of azide groups is 1. The van der Waals surface area contributed by atoms with Gasteiger partial charge in [-0.05, 0) is 5.53 Å². The van der Waals surface area contributed by atoms with Crippen molar-refractivity contribution in [2.75, 3.05) is 12.3 Å². The number of anilines is 1. The van der Waals surface area contributed by atoms with Crippen molar-refractivity contribution < 1.29 is 14.9 Å². The summed E-state index contributed by atoms with van der Waals surface area (Å²) in [4.78, 5) is 14.7. The van der Waals surface area contributed by atoms with Gasteiger partial charge in [0.25, 0.3) is 0 Å². The average Bonchev–Trinajstić information content (AvgIpc) is 3.03. The number of rotatable bonds is 3. The van der Waals surface area contributed by atoms with Gasteiger partial charge in [-0.2, -0.15) is 0 Å². The summed E-state index contributed by atoms with van der Waals surface area (Å²) in [5.74, 6) is 0.205. The predicted molar refractivity (Wildman–Crippen MR) is 69.7 cm³/mol. The fraction of sp³-hybridized carbons (Fsp3) is 0.500. The third-order valence-corrected chi connectivity index (χ3v) is 3.36. The van der Waals surface area contributed by atoms with Crippen LogP contribution < -0.4 is 5.73 Å². The van der Waals surface area contributed by atoms with Crippen molar-refractivity contribution in [3.05, 3.63) is 23.1 Å². The number of aliphatic hydroxyl groups is 2. The van der Waals surface area contributed by atoms with Crippen LogP contribution in [0.25, 0.3) is 21.6 Å². The molecule has 0 aliphatic carbocycles. The summed E-state index contributed by atoms with van der Waals surface area (Å²) in [7, 11) is 0. The second-order valence-corrected chi connectivity index (χ2v) is 4.52. The number of aromatic nitrogens is 4. The number of aliphatic hydroxyl groups excluding tert-OH is 2. The predicted octanol–water partition coefficient (Wildman–Crippen LogP) is -0.662. The minimum Gasteiger partial charge on any atom is -0.394 e. The van der Waals surface area contributed by atoms with Gasteiger partial charge >= 0.3 is 0 Å². The first kappa shape index (κ1) is 13.5. The molecular formula is C10H12N8O3. The van der Waals surface area contributed by atoms with E-state index in [-0.39, 0.29) is 5.82 Å². The van der Waals surface area contributed by atoms with Gasteiger partial charge in [0.2, 0.25) is 0 Å². The second kappa shape index (κ2) is 5.14. The van der Waals surface area contributed by atoms with E-state index in [4.69, 9.17) is 16.0 Å². The van der Waals surface area contributed by atoms with Crippen molar-refractivity contribution in [3.63, 3.8) is 0 Å². The summed E-state index contributed by atoms with van der Waals surface area (Å²) < 4.78 is 7.03. The van der Waals surface area contributed by atoms with E-state index >= 15 is 0 Å². The van der Waals surface area contributed by atoms with Gasteiger partial charge < -0.3 is 20.7 Å². The Labute approximate surface area is 117 Å². The molecule has 21 heavy (non-hydrogen) atoms. The van der Waals surface area contributed by atoms with Crippen molar-refractivity contribution in [1.82, 2.24) is 19.5 Å². The van der Waals surface area contributed by atoms with Crippen molar-refractivity contribution in [2.24, 2.45) is 5.11 Å². The molecule has 0 amide bonds. The molecule has 0 unspecified atom stereocenters. The molecule has 2 aromatic heterocycles. The van der Waals surface area contributed by atoms with E-state index in [0.29, 0.717) is 11.2 Å². The molecule has 110 valence electrons. The van der Waals surface area contributed by atoms with E-state index in [1.165, 1.54) is 17.2 Å². The van der Waals surface area contributed by atoms with Crippen LogP contribution in [0.1, 0.15) is 6.23 Å². The van der Waals surface area contributed by atoms with Gasteiger partial charge in [-0.25, -0.2) is 15.0 Å². The average molecular weight is 292 g/mol. The number of nitrogens with two attached hydrogens (primary N) is 1. The molecule has 3 rings (SSSR count). The van der Waals surface area contributed by atoms with E-state index in [1.54, 1.807) is 0 Å². The summed E-state index contributed by atoms with van der Waals surface area (Å²) in [6.45, 7) is -0.404. The van der Waals surface area contributed by atoms with Gasteiger partial charge in [-0.1, -0.05) is 5.11 Å². The Morgan fingerprint density at radius 3 is 3.00 bits per heavy atom. The SMILES string of the molecule is [N-]=[N+]=N[C@@H]1[C@@H](O)[C@@H](CO)O[C@H]1n1cnc2c(N)ncnc21. The maximum atomic E-state index is 10.0. The van der Waals surface area contributed by atoms with Gasteiger partial charge in [0.15, 0.2) is 11.5 Å². The number of imidazole rings is 1. The summed E-state index contributed by atoms with van der Waals surface area (Å²) in [5.41, 5.74) is 15.1. The summed E-state index contributed by atoms with van der Waals surface area (Å²) >= 11 is 0. The highest BCUT2D eigenvalue weighted by Gasteiger charge is 2.44. The van der Waals surface area contributed by atoms with E-state index in [0.717, 1.165) is 0 Å². The molecule has 1 fully saturated rings. The first-order valence-electron chi connectivity index (χ1n) is 6.09. The molecular weight excluding hydrogens is 280 g/mol. The zero-order valence-electron chi connectivity index (χ0n) is 10.7. The van der Waals surface area contributed by atoms with Crippen molar-refractivity contribution in [2.45, 2.75) is 24.5 Å². The summed E-state index contributed by atoms with van der Waals surface area (Å²) in [5, 5.41) is 22.8. The van der Waals surface area contributed by atoms with Crippen LogP contribution in [0.4, 0.5) is 5.82 Å². The molecule has 4 N–H and O–H groups in total. The monoisotopic (exact) mass is 292 g/mol. The van der Waals surface area contributed by atoms with E-state index < -0.39 is 31.1 Å². The molecule has 0 bridgehead atoms. The first-order valence-corrected chi connectivity index (χ1v) is 6.09. The topological polar surface area (TPSA) is 168 Å². The Bertz CT molecular complexity index is 711. The smallest absolute Gasteiger partial charge is 0.167 e. The van der Waals surface area contributed by atoms with Gasteiger partial charge in [0.05, 0.1) is 19.0 Å². The molecule has 3 heterocycles. The molecule has 11 nitrogen and oxygen atoms in total. The highest BCUT2D eigenvalue weighted by Crippen LogP contribution is 2.33. The quantitative estimate of drug-likeness (QED) is 0.383. The molecule has 11 heteroatoms. The highest BCUT2D eigenvalue weighted by molar-refractivity contribution is 5.81. The minimum absolute atomic E-state index is 0.205. The Kier molecular flexibility index (Phi) is 3.31. The lowest BCUT2D eigenvalue weighted by atomic mass is 10.1. The maximum absolute atomic E-state index is 10.0. The normalized spacial score (nSPS) is 28.7. The Hall–Kier alpha value is -2.46. The number of nitrogens with zero attached hydrogens (tertiary/aromatic N) is 7. The molecule has 0 spiro atoms. The summed E-state index contributed by atoms with van der Waals surface area (Å²) in [6, 6.07) is -0.916. The Balaban J connectivity index is 2.08. The third-order valence-electron chi connectivity index (χ3n) is 3.36. The Morgan fingerprint density at radius 2 is 2.29 bits per heavy atom. The second-order valence-electron chi connectivity index (χ2n) is 4.52. The number of fused-ring (bicyclic) bond motifs is 1. The molecule has 1 aliphatic heterocycles. The molecule has 1 aliphatic rings. The molecule has 0 aromatic carbocycles. The zero-order chi connectivity index (χ0) is 15.0. The van der Waals surface area contributed by atoms with Gasteiger partial charge in [0.1, 0.15) is 30.2 Å². The number of hydrogen-bond donors (Lipinski definition) is 3. The standard InChI is InChI=1S/C10H12N8O3/c11-8-6-9(14-2-13-8)18(3-15-6)10-5(16-17-12)7(20)4(1-19)21-10/h2-5,7,10,19-20H,1H2,(H2,11,13,14)/t4-,5-,7+,10-/m1/s1. The van der Waals surface area contributed by atoms with Crippen LogP contribution in [0.3, 0.4) is 0 Å². The van der Waals surface area contributed by atoms with Crippen LogP contribution in [0.5, 0.6) is 0 Å². The van der Waals surface area contributed by atoms with Gasteiger partial charge in [-0.3, -0.25) is 4.57 Å². The molecule has 1 saturated heterocycles. The fourth-order valence-corrected chi connectivity index (χ4v) is 2.35. The van der Waals surface area contributed by atoms with Crippen LogP contribution in [0.2, 0.25) is 0 Å². The van der Waals surface area contributed by atoms with Gasteiger partial charge in [0, 0.05) is 4.91 Å². The van der Waals surface area contributed by atoms with E-state index in [2.05, 4.69) is 25.0 Å². The molecule has 0 radical (unpaired) electrons. The minimum atomic E-state index is -1.13. The molecule has 2 aromatic rings. The van der Waals surface area contributed by atoms with Crippen LogP contribution in [-0.2, 0) is 4.74 Å². The fourth-order valence-electron chi connectivity index (χ4n) is 2.35. The zero-order valence-corrected chi connectivity index (χ0v) is 10.7. The largest absolute Gasteiger partial charge is 0.394 e. The van der Waals surface area contributed by atoms with Crippen molar-refractivity contribution in [1.29, 1.82) is 0 Å². The number of hydrogen-bond acceptors (Lipinski definition) is 8. The number of ether oxygens (including phenoxy) is 1. The summed E-state index contributed by atoms with van der Waals surface area (Å²) in [6.07, 6.45) is -0.151. The first-order chi connectivity index (χ1) is 10.2. The Morgan fingerprint density at radius 1 is 1.48 bits per heavy atom. The van der Waals surface area contributed by atoms with Crippen LogP contribution >= 0.6 is 0 Å². The lowest BCUT2D eigenvalue weighted by Gasteiger charge is -2.16. The van der Waals surface area contributed by atoms with Crippen molar-refractivity contribution >= 4 is 17.0 Å². The van der Waals surface area contributed by atoms with E-state index in [1.807, 2.05) is 0 Å². The lowest BCUT2D eigenvalue weighted by molar-refractivity contribution is -0.0437. The lowest BCUT2D eigenvalue weighted by Crippen LogP contribution is -2.31. The van der Waals surface area contributed by atoms with E-state index in [9.17, 15) is 10.2 Å². The van der Waals surface area contributed by atoms with Crippen molar-refractivity contribution in [3.8, 4) is 0 Å². The van der Waals surface area contributed by atoms with Crippen LogP contribution in [-0.4, -0.2) is 54.6 Å². The van der Waals surface area contributed by atoms with Gasteiger partial charge in [-0.15, -0.1) is 0 Å². The van der Waals surface area contributed by atoms with Crippen LogP contribution in [0, 0.1) is 0 Å². The van der Waals surface area contributed by atoms with Crippen LogP contribution in [0.15, 0.2) is 17.8 Å². The molecule has 4 atom stereocenters. The molecule has 0 saturated carbocycles. The third kappa shape index (κ3) is 2.04. The highest BCUT2D eigenvalue weighted by atomic mass is 16.5. The maximum Gasteiger partial charge on any atom is 0.167 e.